The first-order valence-electron chi connectivity index (χ1n) is 18.1. The van der Waals surface area contributed by atoms with Crippen LogP contribution in [0.5, 0.6) is 11.5 Å². The van der Waals surface area contributed by atoms with Crippen LogP contribution in [-0.4, -0.2) is 83.4 Å². The summed E-state index contributed by atoms with van der Waals surface area (Å²) in [4.78, 5) is 68.8. The lowest BCUT2D eigenvalue weighted by molar-refractivity contribution is -0.144. The van der Waals surface area contributed by atoms with Crippen LogP contribution in [0, 0.1) is 0 Å². The number of hydrogen-bond donors (Lipinski definition) is 7. The fraction of sp³-hybridized carbons (Fsp3) is 0.262. The first-order chi connectivity index (χ1) is 27.4. The molecule has 15 nitrogen and oxygen atoms in total. The highest BCUT2D eigenvalue weighted by molar-refractivity contribution is 5.93. The van der Waals surface area contributed by atoms with Crippen molar-refractivity contribution in [2.75, 3.05) is 14.2 Å². The Kier molecular flexibility index (Phi) is 14.2. The van der Waals surface area contributed by atoms with Crippen molar-refractivity contribution in [1.82, 2.24) is 26.3 Å². The van der Waals surface area contributed by atoms with Gasteiger partial charge < -0.3 is 45.4 Å². The summed E-state index contributed by atoms with van der Waals surface area (Å²) in [5, 5.41) is 31.7. The quantitative estimate of drug-likeness (QED) is 0.0626. The van der Waals surface area contributed by atoms with Crippen LogP contribution in [0.4, 0.5) is 4.79 Å². The fourth-order valence-corrected chi connectivity index (χ4v) is 6.28. The minimum absolute atomic E-state index is 0.00510. The molecule has 0 saturated carbocycles. The maximum absolute atomic E-state index is 13.9. The van der Waals surface area contributed by atoms with E-state index in [4.69, 9.17) is 14.2 Å². The van der Waals surface area contributed by atoms with E-state index in [0.29, 0.717) is 33.8 Å². The average molecular weight is 780 g/mol. The van der Waals surface area contributed by atoms with Crippen molar-refractivity contribution in [2.24, 2.45) is 0 Å². The number of nitrogens with one attached hydrogen (secondary N) is 5. The summed E-state index contributed by atoms with van der Waals surface area (Å²) >= 11 is 0. The van der Waals surface area contributed by atoms with Crippen molar-refractivity contribution in [3.63, 3.8) is 0 Å². The van der Waals surface area contributed by atoms with Crippen LogP contribution in [0.25, 0.3) is 10.9 Å². The molecule has 3 amide bonds. The van der Waals surface area contributed by atoms with Gasteiger partial charge in [0.15, 0.2) is 0 Å². The number of carboxylic acid groups (broad SMARTS) is 2. The molecule has 298 valence electrons. The van der Waals surface area contributed by atoms with E-state index in [0.717, 1.165) is 10.9 Å². The predicted octanol–water partition coefficient (Wildman–Crippen LogP) is 4.32. The molecular weight excluding hydrogens is 734 g/mol. The summed E-state index contributed by atoms with van der Waals surface area (Å²) in [5.74, 6) is -3.21. The lowest BCUT2D eigenvalue weighted by Crippen LogP contribution is -2.60. The van der Waals surface area contributed by atoms with Gasteiger partial charge in [-0.25, -0.2) is 9.59 Å². The second-order valence-electron chi connectivity index (χ2n) is 13.2. The Bertz CT molecular complexity index is 2090. The van der Waals surface area contributed by atoms with E-state index >= 15 is 0 Å². The number of H-pyrrole nitrogens is 1. The second kappa shape index (κ2) is 19.6. The van der Waals surface area contributed by atoms with Gasteiger partial charge in [0.25, 0.3) is 0 Å². The third-order valence-electron chi connectivity index (χ3n) is 9.34. The van der Waals surface area contributed by atoms with Gasteiger partial charge in [-0.05, 0) is 59.5 Å². The molecule has 0 spiro atoms. The Hall–Kier alpha value is -6.87. The number of aromatic amines is 1. The molecule has 0 unspecified atom stereocenters. The molecular formula is C42H45N5O10. The minimum atomic E-state index is -1.68. The highest BCUT2D eigenvalue weighted by atomic mass is 16.5. The van der Waals surface area contributed by atoms with E-state index < -0.39 is 66.5 Å². The molecule has 0 aliphatic heterocycles. The van der Waals surface area contributed by atoms with Gasteiger partial charge in [0.05, 0.1) is 26.7 Å². The van der Waals surface area contributed by atoms with E-state index in [1.165, 1.54) is 21.1 Å². The molecule has 0 aliphatic carbocycles. The number of hydrogen-bond acceptors (Lipinski definition) is 9. The van der Waals surface area contributed by atoms with Gasteiger partial charge in [-0.2, -0.15) is 0 Å². The van der Waals surface area contributed by atoms with Gasteiger partial charge in [-0.15, -0.1) is 0 Å². The second-order valence-corrected chi connectivity index (χ2v) is 13.2. The average Bonchev–Trinajstić information content (AvgIpc) is 3.63. The van der Waals surface area contributed by atoms with Crippen LogP contribution >= 0.6 is 0 Å². The first-order valence-corrected chi connectivity index (χ1v) is 18.1. The molecule has 5 rings (SSSR count). The van der Waals surface area contributed by atoms with Crippen LogP contribution in [0.3, 0.4) is 0 Å². The molecule has 0 saturated heterocycles. The number of carbonyl (C=O) groups excluding carboxylic acids is 3. The number of rotatable bonds is 19. The molecule has 5 aromatic rings. The monoisotopic (exact) mass is 779 g/mol. The molecule has 0 aliphatic rings. The van der Waals surface area contributed by atoms with Crippen molar-refractivity contribution in [3.8, 4) is 11.5 Å². The molecule has 57 heavy (non-hydrogen) atoms. The minimum Gasteiger partial charge on any atom is -0.497 e. The predicted molar refractivity (Wildman–Crippen MR) is 210 cm³/mol. The van der Waals surface area contributed by atoms with Crippen LogP contribution in [-0.2, 0) is 36.9 Å². The number of alkyl carbamates (subject to hydrolysis) is 1. The lowest BCUT2D eigenvalue weighted by Gasteiger charge is -2.28. The molecule has 1 aromatic heterocycles. The van der Waals surface area contributed by atoms with Crippen LogP contribution < -0.4 is 30.7 Å². The molecule has 4 aromatic carbocycles. The van der Waals surface area contributed by atoms with Crippen molar-refractivity contribution < 1.29 is 48.4 Å². The van der Waals surface area contributed by atoms with Gasteiger partial charge in [0.2, 0.25) is 11.8 Å². The van der Waals surface area contributed by atoms with E-state index in [1.54, 1.807) is 85.1 Å². The number of carboxylic acids is 2. The van der Waals surface area contributed by atoms with E-state index in [1.807, 2.05) is 24.3 Å². The summed E-state index contributed by atoms with van der Waals surface area (Å²) in [6.45, 7) is 1.28. The molecule has 0 bridgehead atoms. The number of para-hydroxylation sites is 1. The number of amides is 3. The van der Waals surface area contributed by atoms with Gasteiger partial charge in [0.1, 0.15) is 36.2 Å². The molecule has 7 N–H and O–H groups in total. The largest absolute Gasteiger partial charge is 0.497 e. The number of carbonyl (C=O) groups is 5. The van der Waals surface area contributed by atoms with E-state index in [-0.39, 0.29) is 13.0 Å². The lowest BCUT2D eigenvalue weighted by atomic mass is 9.98. The SMILES string of the molecule is COc1ccc(C(NC(=O)C[C@H](NC(=O)OCc2ccccc2)C(=O)N[C@H](C(=O)O)[C@@H](C)N[C@@H](Cc2c[nH]c3ccccc23)C(=O)O)c2ccc(OC)cc2)cc1. The van der Waals surface area contributed by atoms with Crippen molar-refractivity contribution in [2.45, 2.75) is 56.6 Å². The van der Waals surface area contributed by atoms with Crippen molar-refractivity contribution in [3.05, 3.63) is 132 Å². The highest BCUT2D eigenvalue weighted by Gasteiger charge is 2.34. The molecule has 0 radical (unpaired) electrons. The maximum Gasteiger partial charge on any atom is 0.408 e. The number of aliphatic carboxylic acids is 2. The number of ether oxygens (including phenoxy) is 3. The zero-order valence-corrected chi connectivity index (χ0v) is 31.6. The Labute approximate surface area is 328 Å². The van der Waals surface area contributed by atoms with Crippen LogP contribution in [0.1, 0.15) is 41.6 Å². The zero-order chi connectivity index (χ0) is 40.9. The third-order valence-corrected chi connectivity index (χ3v) is 9.34. The van der Waals surface area contributed by atoms with E-state index in [9.17, 15) is 34.2 Å². The van der Waals surface area contributed by atoms with Crippen LogP contribution in [0.15, 0.2) is 109 Å². The standard InChI is InChI=1S/C42H45N5O10/c1-25(44-35(40(50)51)21-29-23-43-33-12-8-7-11-32(29)33)37(41(52)53)47-39(49)34(45-42(54)57-24-26-9-5-4-6-10-26)22-36(48)46-38(27-13-17-30(55-2)18-14-27)28-15-19-31(56-3)20-16-28/h4-20,23,25,34-35,37-38,43-44H,21-22,24H2,1-3H3,(H,45,54)(H,46,48)(H,47,49)(H,50,51)(H,52,53)/t25-,34+,35+,37+/m1/s1. The Morgan fingerprint density at radius 1 is 0.702 bits per heavy atom. The van der Waals surface area contributed by atoms with Crippen LogP contribution in [0.2, 0.25) is 0 Å². The van der Waals surface area contributed by atoms with Crippen molar-refractivity contribution >= 4 is 40.7 Å². The number of benzene rings is 4. The van der Waals surface area contributed by atoms with Gasteiger partial charge >= 0.3 is 18.0 Å². The van der Waals surface area contributed by atoms with Gasteiger partial charge in [-0.3, -0.25) is 19.7 Å². The topological polar surface area (TPSA) is 217 Å². The Morgan fingerprint density at radius 3 is 1.88 bits per heavy atom. The maximum atomic E-state index is 13.9. The molecule has 15 heteroatoms. The molecule has 4 atom stereocenters. The van der Waals surface area contributed by atoms with Crippen molar-refractivity contribution in [1.29, 1.82) is 0 Å². The number of fused-ring (bicyclic) bond motifs is 1. The highest BCUT2D eigenvalue weighted by Crippen LogP contribution is 2.26. The zero-order valence-electron chi connectivity index (χ0n) is 31.6. The molecule has 1 heterocycles. The Balaban J connectivity index is 1.35. The Morgan fingerprint density at radius 2 is 1.30 bits per heavy atom. The summed E-state index contributed by atoms with van der Waals surface area (Å²) < 4.78 is 15.9. The molecule has 0 fully saturated rings. The summed E-state index contributed by atoms with van der Waals surface area (Å²) in [6.07, 6.45) is 0.0404. The number of methoxy groups -OCH3 is 2. The summed E-state index contributed by atoms with van der Waals surface area (Å²) in [5.41, 5.74) is 3.53. The summed E-state index contributed by atoms with van der Waals surface area (Å²) in [7, 11) is 3.06. The summed E-state index contributed by atoms with van der Waals surface area (Å²) in [6, 6.07) is 23.8. The first kappa shape index (κ1) is 41.3. The normalized spacial score (nSPS) is 13.1. The van der Waals surface area contributed by atoms with Gasteiger partial charge in [0, 0.05) is 29.6 Å². The van der Waals surface area contributed by atoms with Gasteiger partial charge in [-0.1, -0.05) is 72.8 Å². The number of aromatic nitrogens is 1. The fourth-order valence-electron chi connectivity index (χ4n) is 6.28. The third kappa shape index (κ3) is 11.3. The van der Waals surface area contributed by atoms with E-state index in [2.05, 4.69) is 26.3 Å². The smallest absolute Gasteiger partial charge is 0.408 e.